The molecule has 8 nitrogen and oxygen atoms in total. The normalized spacial score (nSPS) is 18.9. The number of carbonyl (C=O) groups is 1. The summed E-state index contributed by atoms with van der Waals surface area (Å²) >= 11 is 0. The van der Waals surface area contributed by atoms with Gasteiger partial charge < -0.3 is 10.1 Å². The highest BCUT2D eigenvalue weighted by atomic mass is 32.2. The van der Waals surface area contributed by atoms with E-state index in [2.05, 4.69) is 23.0 Å². The van der Waals surface area contributed by atoms with Gasteiger partial charge in [0.2, 0.25) is 5.88 Å². The Morgan fingerprint density at radius 2 is 1.53 bits per heavy atom. The van der Waals surface area contributed by atoms with Gasteiger partial charge in [0.1, 0.15) is 5.54 Å². The molecule has 0 radical (unpaired) electrons. The summed E-state index contributed by atoms with van der Waals surface area (Å²) in [6.07, 6.45) is 4.62. The highest BCUT2D eigenvalue weighted by molar-refractivity contribution is 7.92. The number of amides is 2. The van der Waals surface area contributed by atoms with Gasteiger partial charge in [-0.25, -0.2) is 18.4 Å². The number of ether oxygens (including phenoxy) is 1. The molecule has 0 saturated carbocycles. The smallest absolute Gasteiger partial charge is 0.331 e. The Hall–Kier alpha value is -4.89. The Morgan fingerprint density at radius 3 is 2.12 bits per heavy atom. The maximum atomic E-state index is 16.2. The summed E-state index contributed by atoms with van der Waals surface area (Å²) in [6.45, 7) is 6.61. The van der Waals surface area contributed by atoms with Crippen LogP contribution in [-0.2, 0) is 41.3 Å². The predicted octanol–water partition coefficient (Wildman–Crippen LogP) is 8.07. The number of aryl methyl sites for hydroxylation is 3. The predicted molar refractivity (Wildman–Crippen MR) is 192 cm³/mol. The fourth-order valence-electron chi connectivity index (χ4n) is 7.95. The summed E-state index contributed by atoms with van der Waals surface area (Å²) in [5, 5.41) is 7.97. The van der Waals surface area contributed by atoms with Crippen molar-refractivity contribution in [3.05, 3.63) is 142 Å². The first-order valence-corrected chi connectivity index (χ1v) is 18.7. The van der Waals surface area contributed by atoms with E-state index in [-0.39, 0.29) is 6.10 Å². The second-order valence-corrected chi connectivity index (χ2v) is 15.4. The maximum absolute atomic E-state index is 16.2. The summed E-state index contributed by atoms with van der Waals surface area (Å²) in [7, 11) is -3.82. The zero-order valence-corrected chi connectivity index (χ0v) is 28.9. The number of carbonyl (C=O) groups excluding carboxylic acids is 1. The molecule has 2 aliphatic carbocycles. The first-order chi connectivity index (χ1) is 23.8. The van der Waals surface area contributed by atoms with E-state index in [1.165, 1.54) is 22.3 Å². The van der Waals surface area contributed by atoms with E-state index in [4.69, 9.17) is 14.2 Å². The number of benzene rings is 4. The molecule has 0 saturated heterocycles. The number of hydrogen-bond acceptors (Lipinski definition) is 5. The van der Waals surface area contributed by atoms with E-state index in [0.29, 0.717) is 28.9 Å². The Kier molecular flexibility index (Phi) is 7.82. The van der Waals surface area contributed by atoms with Gasteiger partial charge in [0, 0.05) is 18.7 Å². The summed E-state index contributed by atoms with van der Waals surface area (Å²) in [6, 6.07) is 31.3. The minimum atomic E-state index is -3.82. The molecule has 3 atom stereocenters. The lowest BCUT2D eigenvalue weighted by molar-refractivity contribution is 0.144. The van der Waals surface area contributed by atoms with Gasteiger partial charge in [-0.1, -0.05) is 104 Å². The first kappa shape index (κ1) is 31.4. The van der Waals surface area contributed by atoms with Crippen molar-refractivity contribution >= 4 is 21.6 Å². The van der Waals surface area contributed by atoms with Crippen LogP contribution in [0.15, 0.2) is 106 Å². The van der Waals surface area contributed by atoms with Crippen molar-refractivity contribution in [3.8, 4) is 5.88 Å². The number of aromatic nitrogens is 2. The molecule has 3 aliphatic rings. The molecule has 1 aliphatic heterocycles. The Morgan fingerprint density at radius 1 is 0.918 bits per heavy atom. The molecule has 2 amide bonds. The van der Waals surface area contributed by atoms with E-state index < -0.39 is 21.5 Å². The summed E-state index contributed by atoms with van der Waals surface area (Å²) in [5.74, 6) is 0.721. The molecule has 1 aromatic heterocycles. The number of urea groups is 1. The number of nitrogens with one attached hydrogen (secondary N) is 2. The van der Waals surface area contributed by atoms with Gasteiger partial charge in [0.15, 0.2) is 14.8 Å². The molecule has 2 heterocycles. The average Bonchev–Trinajstić information content (AvgIpc) is 3.71. The van der Waals surface area contributed by atoms with Gasteiger partial charge in [-0.3, -0.25) is 0 Å². The quantitative estimate of drug-likeness (QED) is 0.171. The average molecular weight is 672 g/mol. The molecule has 5 aromatic rings. The summed E-state index contributed by atoms with van der Waals surface area (Å²) in [4.78, 5) is 14.7. The molecule has 0 bridgehead atoms. The van der Waals surface area contributed by atoms with E-state index in [1.54, 1.807) is 4.68 Å². The standard InChI is InChI=1S/C40H41N5O3S/c1-26-24-30-25-29-14-13-21-34(29)36(35(26)30)41-39(46)43-49(47,37-28(3)42-45-23-22-27(2)48-38(37)45)44-40(31-15-7-4-8-16-31,32-17-9-5-10-18-32)33-19-11-6-12-20-33/h4-12,15-20,25-27H,13-14,21-24H2,1-3H3,(H2,41,43,44,46,47)/t26-,27?,49?/m0/s1. The van der Waals surface area contributed by atoms with Crippen LogP contribution in [0.25, 0.3) is 0 Å². The number of rotatable bonds is 7. The zero-order valence-electron chi connectivity index (χ0n) is 28.1. The van der Waals surface area contributed by atoms with Crippen molar-refractivity contribution < 1.29 is 13.7 Å². The molecule has 0 fully saturated rings. The largest absolute Gasteiger partial charge is 0.474 e. The SMILES string of the molecule is Cc1nn2c(c1S(=O)(=NC(c1ccccc1)(c1ccccc1)c1ccccc1)NC(=O)Nc1c3c(cc4c1[C@@H](C)C4)CCC3)OC(C)CC2. The van der Waals surface area contributed by atoms with Gasteiger partial charge in [0.25, 0.3) is 0 Å². The van der Waals surface area contributed by atoms with Crippen LogP contribution in [0.5, 0.6) is 5.88 Å². The summed E-state index contributed by atoms with van der Waals surface area (Å²) in [5.41, 5.74) is 7.48. The highest BCUT2D eigenvalue weighted by Crippen LogP contribution is 2.47. The first-order valence-electron chi connectivity index (χ1n) is 17.2. The molecule has 8 rings (SSSR count). The second-order valence-electron chi connectivity index (χ2n) is 13.6. The minimum absolute atomic E-state index is 0.116. The lowest BCUT2D eigenvalue weighted by atomic mass is 9.75. The summed E-state index contributed by atoms with van der Waals surface area (Å²) < 4.78 is 32.7. The van der Waals surface area contributed by atoms with E-state index in [0.717, 1.165) is 54.5 Å². The third-order valence-corrected chi connectivity index (χ3v) is 12.2. The fourth-order valence-corrected chi connectivity index (χ4v) is 10.0. The Balaban J connectivity index is 1.37. The third kappa shape index (κ3) is 5.31. The lowest BCUT2D eigenvalue weighted by Gasteiger charge is -2.34. The van der Waals surface area contributed by atoms with Gasteiger partial charge >= 0.3 is 6.03 Å². The minimum Gasteiger partial charge on any atom is -0.474 e. The van der Waals surface area contributed by atoms with Crippen molar-refractivity contribution in [2.45, 2.75) is 81.9 Å². The molecule has 0 spiro atoms. The number of nitrogens with zero attached hydrogens (tertiary/aromatic N) is 3. The number of anilines is 1. The number of fused-ring (bicyclic) bond motifs is 3. The van der Waals surface area contributed by atoms with Crippen LogP contribution in [0.4, 0.5) is 10.5 Å². The van der Waals surface area contributed by atoms with Crippen LogP contribution in [0.3, 0.4) is 0 Å². The topological polar surface area (TPSA) is 97.6 Å². The van der Waals surface area contributed by atoms with E-state index in [1.807, 2.05) is 105 Å². The van der Waals surface area contributed by atoms with Crippen molar-refractivity contribution in [1.82, 2.24) is 14.5 Å². The van der Waals surface area contributed by atoms with Crippen LogP contribution in [-0.4, -0.2) is 26.1 Å². The molecular weight excluding hydrogens is 631 g/mol. The van der Waals surface area contributed by atoms with Crippen LogP contribution in [0.1, 0.15) is 77.2 Å². The Bertz CT molecular complexity index is 2070. The van der Waals surface area contributed by atoms with Crippen molar-refractivity contribution in [1.29, 1.82) is 0 Å². The monoisotopic (exact) mass is 671 g/mol. The van der Waals surface area contributed by atoms with Gasteiger partial charge in [-0.15, -0.1) is 0 Å². The molecule has 9 heteroatoms. The van der Waals surface area contributed by atoms with Crippen molar-refractivity contribution in [2.24, 2.45) is 4.36 Å². The number of hydrogen-bond donors (Lipinski definition) is 2. The van der Waals surface area contributed by atoms with E-state index in [9.17, 15) is 4.79 Å². The van der Waals surface area contributed by atoms with Crippen molar-refractivity contribution in [3.63, 3.8) is 0 Å². The molecule has 49 heavy (non-hydrogen) atoms. The van der Waals surface area contributed by atoms with Crippen LogP contribution in [0.2, 0.25) is 0 Å². The Labute approximate surface area is 288 Å². The van der Waals surface area contributed by atoms with Crippen molar-refractivity contribution in [2.75, 3.05) is 5.32 Å². The van der Waals surface area contributed by atoms with Gasteiger partial charge in [-0.2, -0.15) is 9.46 Å². The van der Waals surface area contributed by atoms with Crippen LogP contribution < -0.4 is 14.8 Å². The molecule has 2 N–H and O–H groups in total. The van der Waals surface area contributed by atoms with Gasteiger partial charge in [0.05, 0.1) is 11.8 Å². The van der Waals surface area contributed by atoms with Gasteiger partial charge in [-0.05, 0) is 84.4 Å². The zero-order chi connectivity index (χ0) is 33.8. The maximum Gasteiger partial charge on any atom is 0.331 e. The fraction of sp³-hybridized carbons (Fsp3) is 0.300. The van der Waals surface area contributed by atoms with Crippen LogP contribution in [0, 0.1) is 6.92 Å². The van der Waals surface area contributed by atoms with E-state index >= 15 is 4.21 Å². The third-order valence-electron chi connectivity index (χ3n) is 10.2. The lowest BCUT2D eigenvalue weighted by Crippen LogP contribution is -2.39. The van der Waals surface area contributed by atoms with Crippen LogP contribution >= 0.6 is 0 Å². The molecule has 250 valence electrons. The molecule has 4 aromatic carbocycles. The second kappa shape index (κ2) is 12.2. The molecule has 2 unspecified atom stereocenters. The molecular formula is C40H41N5O3S. The highest BCUT2D eigenvalue weighted by Gasteiger charge is 2.42.